The molecule has 0 aromatic heterocycles. The average Bonchev–Trinajstić information content (AvgIpc) is 2.45. The zero-order valence-corrected chi connectivity index (χ0v) is 16.8. The predicted molar refractivity (Wildman–Crippen MR) is 105 cm³/mol. The maximum atomic E-state index is 4.17. The van der Waals surface area contributed by atoms with Crippen molar-refractivity contribution >= 4 is 0 Å². The van der Waals surface area contributed by atoms with Gasteiger partial charge in [0.15, 0.2) is 0 Å². The fraction of sp³-hybridized carbons (Fsp3) is 0.900. The van der Waals surface area contributed by atoms with Crippen LogP contribution in [0.1, 0.15) is 80.1 Å². The van der Waals surface area contributed by atoms with Crippen LogP contribution in [0.25, 0.3) is 0 Å². The van der Waals surface area contributed by atoms with Gasteiger partial charge in [0.1, 0.15) is 0 Å². The molecule has 3 nitrogen and oxygen atoms in total. The van der Waals surface area contributed by atoms with Gasteiger partial charge in [-0.2, -0.15) is 0 Å². The average molecular weight is 326 g/mol. The summed E-state index contributed by atoms with van der Waals surface area (Å²) in [5.41, 5.74) is 1.21. The molecule has 0 aromatic rings. The minimum Gasteiger partial charge on any atom is -0.389 e. The van der Waals surface area contributed by atoms with Gasteiger partial charge in [-0.25, -0.2) is 0 Å². The van der Waals surface area contributed by atoms with Crippen molar-refractivity contribution < 1.29 is 0 Å². The number of hydrogen-bond donors (Lipinski definition) is 2. The van der Waals surface area contributed by atoms with Gasteiger partial charge in [-0.05, 0) is 66.5 Å². The van der Waals surface area contributed by atoms with Crippen molar-refractivity contribution in [1.82, 2.24) is 15.5 Å². The largest absolute Gasteiger partial charge is 0.389 e. The van der Waals surface area contributed by atoms with Gasteiger partial charge < -0.3 is 10.6 Å². The number of rotatable bonds is 15. The van der Waals surface area contributed by atoms with Crippen molar-refractivity contribution in [3.8, 4) is 0 Å². The third-order valence-corrected chi connectivity index (χ3v) is 4.25. The van der Waals surface area contributed by atoms with Crippen molar-refractivity contribution in [1.29, 1.82) is 0 Å². The van der Waals surface area contributed by atoms with E-state index in [4.69, 9.17) is 0 Å². The van der Waals surface area contributed by atoms with Crippen LogP contribution in [-0.2, 0) is 0 Å². The van der Waals surface area contributed by atoms with Crippen molar-refractivity contribution in [2.75, 3.05) is 19.6 Å². The van der Waals surface area contributed by atoms with Crippen LogP contribution < -0.4 is 10.6 Å². The lowest BCUT2D eigenvalue weighted by Gasteiger charge is -2.30. The minimum atomic E-state index is 0.613. The maximum absolute atomic E-state index is 4.17. The monoisotopic (exact) mass is 325 g/mol. The molecule has 0 amide bonds. The molecule has 0 heterocycles. The van der Waals surface area contributed by atoms with E-state index in [1.807, 2.05) is 0 Å². The summed E-state index contributed by atoms with van der Waals surface area (Å²) in [6, 6.07) is 1.87. The van der Waals surface area contributed by atoms with E-state index in [0.29, 0.717) is 18.1 Å². The second-order valence-corrected chi connectivity index (χ2v) is 7.58. The molecule has 138 valence electrons. The summed E-state index contributed by atoms with van der Waals surface area (Å²) in [5.74, 6) is 0. The molecule has 0 saturated heterocycles. The first-order chi connectivity index (χ1) is 10.8. The molecule has 0 aliphatic heterocycles. The summed E-state index contributed by atoms with van der Waals surface area (Å²) in [6.45, 7) is 21.1. The van der Waals surface area contributed by atoms with Crippen LogP contribution in [0, 0.1) is 0 Å². The molecule has 23 heavy (non-hydrogen) atoms. The van der Waals surface area contributed by atoms with Gasteiger partial charge in [-0.3, -0.25) is 4.90 Å². The van der Waals surface area contributed by atoms with Gasteiger partial charge >= 0.3 is 0 Å². The number of nitrogens with one attached hydrogen (secondary N) is 2. The van der Waals surface area contributed by atoms with Crippen LogP contribution in [0.3, 0.4) is 0 Å². The third kappa shape index (κ3) is 13.6. The Hall–Kier alpha value is -0.540. The van der Waals surface area contributed by atoms with E-state index in [-0.39, 0.29) is 0 Å². The second-order valence-electron chi connectivity index (χ2n) is 7.58. The molecule has 0 fully saturated rings. The summed E-state index contributed by atoms with van der Waals surface area (Å²) < 4.78 is 0. The molecule has 0 saturated carbocycles. The van der Waals surface area contributed by atoms with E-state index in [0.717, 1.165) is 19.5 Å². The van der Waals surface area contributed by atoms with E-state index in [9.17, 15) is 0 Å². The number of nitrogens with zero attached hydrogens (tertiary/aromatic N) is 1. The van der Waals surface area contributed by atoms with Crippen LogP contribution in [0.5, 0.6) is 0 Å². The molecule has 0 aliphatic carbocycles. The Kier molecular flexibility index (Phi) is 13.5. The Morgan fingerprint density at radius 2 is 1.39 bits per heavy atom. The smallest absolute Gasteiger partial charge is 0.0143 e. The first-order valence-electron chi connectivity index (χ1n) is 9.75. The molecule has 2 N–H and O–H groups in total. The topological polar surface area (TPSA) is 27.3 Å². The van der Waals surface area contributed by atoms with E-state index in [2.05, 4.69) is 63.7 Å². The van der Waals surface area contributed by atoms with Crippen LogP contribution in [0.2, 0.25) is 0 Å². The number of hydrogen-bond acceptors (Lipinski definition) is 3. The van der Waals surface area contributed by atoms with Crippen LogP contribution >= 0.6 is 0 Å². The highest BCUT2D eigenvalue weighted by atomic mass is 15.2. The first-order valence-corrected chi connectivity index (χ1v) is 9.75. The van der Waals surface area contributed by atoms with Crippen LogP contribution in [0.4, 0.5) is 0 Å². The minimum absolute atomic E-state index is 0.613. The van der Waals surface area contributed by atoms with Gasteiger partial charge in [0.05, 0.1) is 0 Å². The molecule has 0 aliphatic rings. The molecule has 0 rings (SSSR count). The second kappa shape index (κ2) is 13.9. The molecule has 3 heteroatoms. The van der Waals surface area contributed by atoms with Gasteiger partial charge in [0.25, 0.3) is 0 Å². The Balaban J connectivity index is 3.50. The van der Waals surface area contributed by atoms with Crippen molar-refractivity contribution in [2.45, 2.75) is 98.2 Å². The standard InChI is InChI=1S/C20H43N3/c1-17(2)21-14-10-8-9-11-15-22-20(7)13-12-16-23(18(3)4)19(5)6/h17-19,21-22H,7-16H2,1-6H3. The lowest BCUT2D eigenvalue weighted by Crippen LogP contribution is -2.37. The lowest BCUT2D eigenvalue weighted by atomic mass is 10.1. The SMILES string of the molecule is C=C(CCCN(C(C)C)C(C)C)NCCCCCCNC(C)C. The van der Waals surface area contributed by atoms with Crippen LogP contribution in [0.15, 0.2) is 12.3 Å². The highest BCUT2D eigenvalue weighted by Gasteiger charge is 2.12. The summed E-state index contributed by atoms with van der Waals surface area (Å²) in [5, 5.41) is 6.96. The van der Waals surface area contributed by atoms with E-state index < -0.39 is 0 Å². The number of allylic oxidation sites excluding steroid dienone is 1. The highest BCUT2D eigenvalue weighted by Crippen LogP contribution is 2.09. The van der Waals surface area contributed by atoms with E-state index >= 15 is 0 Å². The Morgan fingerprint density at radius 3 is 1.91 bits per heavy atom. The Morgan fingerprint density at radius 1 is 0.826 bits per heavy atom. The molecule has 0 unspecified atom stereocenters. The zero-order chi connectivity index (χ0) is 17.7. The predicted octanol–water partition coefficient (Wildman–Crippen LogP) is 4.55. The lowest BCUT2D eigenvalue weighted by molar-refractivity contribution is 0.173. The molecule has 0 bridgehead atoms. The van der Waals surface area contributed by atoms with Gasteiger partial charge in [0, 0.05) is 30.4 Å². The summed E-state index contributed by atoms with van der Waals surface area (Å²) in [6.07, 6.45) is 7.47. The van der Waals surface area contributed by atoms with E-state index in [1.54, 1.807) is 0 Å². The van der Waals surface area contributed by atoms with Gasteiger partial charge in [0.2, 0.25) is 0 Å². The fourth-order valence-electron chi connectivity index (χ4n) is 2.94. The Bertz CT molecular complexity index is 277. The third-order valence-electron chi connectivity index (χ3n) is 4.25. The molecule has 0 spiro atoms. The fourth-order valence-corrected chi connectivity index (χ4v) is 2.94. The highest BCUT2D eigenvalue weighted by molar-refractivity contribution is 4.90. The molecule has 0 atom stereocenters. The molecular weight excluding hydrogens is 282 g/mol. The van der Waals surface area contributed by atoms with Crippen molar-refractivity contribution in [3.63, 3.8) is 0 Å². The summed E-state index contributed by atoms with van der Waals surface area (Å²) in [7, 11) is 0. The molecular formula is C20H43N3. The van der Waals surface area contributed by atoms with Crippen LogP contribution in [-0.4, -0.2) is 42.7 Å². The maximum Gasteiger partial charge on any atom is 0.0143 e. The van der Waals surface area contributed by atoms with Gasteiger partial charge in [-0.15, -0.1) is 0 Å². The molecule has 0 radical (unpaired) electrons. The molecule has 0 aromatic carbocycles. The Labute approximate surface area is 146 Å². The van der Waals surface area contributed by atoms with Crippen molar-refractivity contribution in [2.24, 2.45) is 0 Å². The zero-order valence-electron chi connectivity index (χ0n) is 16.8. The summed E-state index contributed by atoms with van der Waals surface area (Å²) >= 11 is 0. The number of unbranched alkanes of at least 4 members (excludes halogenated alkanes) is 3. The van der Waals surface area contributed by atoms with Gasteiger partial charge in [-0.1, -0.05) is 33.3 Å². The van der Waals surface area contributed by atoms with E-state index in [1.165, 1.54) is 44.3 Å². The summed E-state index contributed by atoms with van der Waals surface area (Å²) in [4.78, 5) is 2.55. The first kappa shape index (κ1) is 22.5. The quantitative estimate of drug-likeness (QED) is 0.433. The normalized spacial score (nSPS) is 11.9. The van der Waals surface area contributed by atoms with Crippen molar-refractivity contribution in [3.05, 3.63) is 12.3 Å².